The van der Waals surface area contributed by atoms with Crippen molar-refractivity contribution >= 4 is 5.95 Å². The fourth-order valence-corrected chi connectivity index (χ4v) is 3.54. The van der Waals surface area contributed by atoms with Crippen molar-refractivity contribution in [2.75, 3.05) is 31.3 Å². The number of ether oxygens (including phenoxy) is 1. The van der Waals surface area contributed by atoms with E-state index in [9.17, 15) is 10.2 Å². The van der Waals surface area contributed by atoms with Gasteiger partial charge in [-0.1, -0.05) is 36.4 Å². The van der Waals surface area contributed by atoms with Crippen LogP contribution in [0.4, 0.5) is 5.95 Å². The van der Waals surface area contributed by atoms with Crippen LogP contribution in [0.5, 0.6) is 11.8 Å². The van der Waals surface area contributed by atoms with E-state index in [0.29, 0.717) is 23.9 Å². The molecule has 0 spiro atoms. The molecule has 3 aromatic rings. The van der Waals surface area contributed by atoms with Crippen molar-refractivity contribution in [2.24, 2.45) is 0 Å². The van der Waals surface area contributed by atoms with Gasteiger partial charge in [0.1, 0.15) is 12.4 Å². The van der Waals surface area contributed by atoms with Crippen LogP contribution in [0.2, 0.25) is 0 Å². The summed E-state index contributed by atoms with van der Waals surface area (Å²) in [4.78, 5) is 15.2. The summed E-state index contributed by atoms with van der Waals surface area (Å²) in [7, 11) is 0. The van der Waals surface area contributed by atoms with Gasteiger partial charge in [-0.2, -0.15) is 15.0 Å². The monoisotopic (exact) mass is 394 g/mol. The van der Waals surface area contributed by atoms with Crippen molar-refractivity contribution < 1.29 is 20.1 Å². The standard InChI is InChI=1S/C21H22N4O4/c26-10-11-29-21-23-19(15-5-3-6-16(28)12-15)22-20(24-21)25-9-8-14-4-1-2-7-17(14)18(25)13-27/h1-7,12,18,26-28H,8-11,13H2/t18-/m0/s1. The number of hydrogen-bond acceptors (Lipinski definition) is 8. The number of benzene rings is 2. The summed E-state index contributed by atoms with van der Waals surface area (Å²) in [6.45, 7) is 0.427. The highest BCUT2D eigenvalue weighted by Crippen LogP contribution is 2.33. The number of rotatable bonds is 6. The van der Waals surface area contributed by atoms with E-state index in [1.165, 1.54) is 5.56 Å². The number of anilines is 1. The zero-order valence-electron chi connectivity index (χ0n) is 15.8. The summed E-state index contributed by atoms with van der Waals surface area (Å²) in [6, 6.07) is 14.4. The Morgan fingerprint density at radius 3 is 2.69 bits per heavy atom. The lowest BCUT2D eigenvalue weighted by Gasteiger charge is -2.36. The smallest absolute Gasteiger partial charge is 0.321 e. The Hall–Kier alpha value is -3.23. The number of aromatic nitrogens is 3. The van der Waals surface area contributed by atoms with E-state index in [-0.39, 0.29) is 37.6 Å². The number of phenols is 1. The lowest BCUT2D eigenvalue weighted by Crippen LogP contribution is -2.38. The number of fused-ring (bicyclic) bond motifs is 1. The van der Waals surface area contributed by atoms with Gasteiger partial charge in [-0.25, -0.2) is 0 Å². The normalized spacial score (nSPS) is 15.8. The molecular weight excluding hydrogens is 372 g/mol. The van der Waals surface area contributed by atoms with Crippen LogP contribution >= 0.6 is 0 Å². The average molecular weight is 394 g/mol. The predicted molar refractivity (Wildman–Crippen MR) is 107 cm³/mol. The maximum Gasteiger partial charge on any atom is 0.321 e. The minimum absolute atomic E-state index is 0.0508. The van der Waals surface area contributed by atoms with Gasteiger partial charge >= 0.3 is 6.01 Å². The third-order valence-corrected chi connectivity index (χ3v) is 4.87. The van der Waals surface area contributed by atoms with Gasteiger partial charge in [0.2, 0.25) is 5.95 Å². The van der Waals surface area contributed by atoms with Crippen LogP contribution in [-0.4, -0.2) is 56.6 Å². The molecule has 1 aliphatic rings. The summed E-state index contributed by atoms with van der Waals surface area (Å²) < 4.78 is 5.45. The lowest BCUT2D eigenvalue weighted by atomic mass is 9.93. The van der Waals surface area contributed by atoms with Crippen molar-refractivity contribution in [1.82, 2.24) is 15.0 Å². The number of aliphatic hydroxyl groups is 2. The van der Waals surface area contributed by atoms with Crippen molar-refractivity contribution in [3.8, 4) is 23.1 Å². The SMILES string of the molecule is OCCOc1nc(-c2cccc(O)c2)nc(N2CCc3ccccc3[C@@H]2CO)n1. The van der Waals surface area contributed by atoms with Gasteiger partial charge in [0.05, 0.1) is 19.3 Å². The highest BCUT2D eigenvalue weighted by Gasteiger charge is 2.29. The number of phenolic OH excluding ortho intramolecular Hbond substituents is 1. The fraction of sp³-hybridized carbons (Fsp3) is 0.286. The quantitative estimate of drug-likeness (QED) is 0.579. The van der Waals surface area contributed by atoms with E-state index >= 15 is 0 Å². The molecule has 29 heavy (non-hydrogen) atoms. The van der Waals surface area contributed by atoms with Crippen molar-refractivity contribution in [2.45, 2.75) is 12.5 Å². The number of aromatic hydroxyl groups is 1. The zero-order chi connectivity index (χ0) is 20.2. The van der Waals surface area contributed by atoms with Crippen LogP contribution in [0.1, 0.15) is 17.2 Å². The van der Waals surface area contributed by atoms with Crippen LogP contribution in [0.3, 0.4) is 0 Å². The van der Waals surface area contributed by atoms with E-state index in [4.69, 9.17) is 9.84 Å². The first kappa shape index (κ1) is 19.1. The Morgan fingerprint density at radius 2 is 1.90 bits per heavy atom. The molecule has 1 aromatic heterocycles. The first-order chi connectivity index (χ1) is 14.2. The molecule has 150 valence electrons. The zero-order valence-corrected chi connectivity index (χ0v) is 15.8. The van der Waals surface area contributed by atoms with Gasteiger partial charge in [0.25, 0.3) is 0 Å². The van der Waals surface area contributed by atoms with Crippen molar-refractivity contribution in [1.29, 1.82) is 0 Å². The first-order valence-corrected chi connectivity index (χ1v) is 9.44. The molecule has 2 heterocycles. The molecule has 0 radical (unpaired) electrons. The molecule has 0 fully saturated rings. The maximum atomic E-state index is 10.1. The number of nitrogens with zero attached hydrogens (tertiary/aromatic N) is 4. The van der Waals surface area contributed by atoms with E-state index in [1.54, 1.807) is 24.3 Å². The molecule has 0 unspecified atom stereocenters. The van der Waals surface area contributed by atoms with Crippen molar-refractivity contribution in [3.63, 3.8) is 0 Å². The van der Waals surface area contributed by atoms with Gasteiger partial charge in [-0.15, -0.1) is 0 Å². The highest BCUT2D eigenvalue weighted by molar-refractivity contribution is 5.59. The summed E-state index contributed by atoms with van der Waals surface area (Å²) in [5, 5.41) is 29.0. The Kier molecular flexibility index (Phi) is 5.55. The summed E-state index contributed by atoms with van der Waals surface area (Å²) in [6.07, 6.45) is 0.798. The van der Waals surface area contributed by atoms with Gasteiger partial charge in [-0.05, 0) is 29.7 Å². The molecule has 0 bridgehead atoms. The molecule has 1 atom stereocenters. The van der Waals surface area contributed by atoms with Gasteiger partial charge in [0, 0.05) is 12.1 Å². The molecule has 4 rings (SSSR count). The van der Waals surface area contributed by atoms with Crippen LogP contribution in [0, 0.1) is 0 Å². The minimum atomic E-state index is -0.287. The van der Waals surface area contributed by atoms with E-state index in [1.807, 2.05) is 23.1 Å². The van der Waals surface area contributed by atoms with Crippen LogP contribution in [0.15, 0.2) is 48.5 Å². The average Bonchev–Trinajstić information content (AvgIpc) is 2.76. The second-order valence-corrected chi connectivity index (χ2v) is 6.70. The van der Waals surface area contributed by atoms with E-state index in [2.05, 4.69) is 21.0 Å². The third-order valence-electron chi connectivity index (χ3n) is 4.87. The maximum absolute atomic E-state index is 10.1. The minimum Gasteiger partial charge on any atom is -0.508 e. The second kappa shape index (κ2) is 8.42. The largest absolute Gasteiger partial charge is 0.508 e. The Bertz CT molecular complexity index is 998. The van der Waals surface area contributed by atoms with Crippen molar-refractivity contribution in [3.05, 3.63) is 59.7 Å². The molecule has 8 nitrogen and oxygen atoms in total. The summed E-state index contributed by atoms with van der Waals surface area (Å²) in [5.74, 6) is 0.816. The highest BCUT2D eigenvalue weighted by atomic mass is 16.5. The second-order valence-electron chi connectivity index (χ2n) is 6.70. The van der Waals surface area contributed by atoms with Crippen LogP contribution in [-0.2, 0) is 6.42 Å². The molecule has 0 saturated carbocycles. The molecule has 8 heteroatoms. The Morgan fingerprint density at radius 1 is 1.03 bits per heavy atom. The third kappa shape index (κ3) is 3.98. The molecule has 0 amide bonds. The van der Waals surface area contributed by atoms with E-state index in [0.717, 1.165) is 12.0 Å². The number of aliphatic hydroxyl groups excluding tert-OH is 2. The van der Waals surface area contributed by atoms with Gasteiger partial charge < -0.3 is 25.0 Å². The molecule has 2 aromatic carbocycles. The Labute approximate surface area is 168 Å². The molecule has 0 saturated heterocycles. The molecule has 3 N–H and O–H groups in total. The summed E-state index contributed by atoms with van der Waals surface area (Å²) in [5.41, 5.74) is 2.85. The Balaban J connectivity index is 1.77. The fourth-order valence-electron chi connectivity index (χ4n) is 3.54. The first-order valence-electron chi connectivity index (χ1n) is 9.44. The van der Waals surface area contributed by atoms with Crippen LogP contribution in [0.25, 0.3) is 11.4 Å². The van der Waals surface area contributed by atoms with E-state index < -0.39 is 0 Å². The van der Waals surface area contributed by atoms with Crippen LogP contribution < -0.4 is 9.64 Å². The topological polar surface area (TPSA) is 112 Å². The summed E-state index contributed by atoms with van der Waals surface area (Å²) >= 11 is 0. The predicted octanol–water partition coefficient (Wildman–Crippen LogP) is 1.71. The molecule has 1 aliphatic heterocycles. The molecular formula is C21H22N4O4. The van der Waals surface area contributed by atoms with Gasteiger partial charge in [-0.3, -0.25) is 0 Å². The number of hydrogen-bond donors (Lipinski definition) is 3. The lowest BCUT2D eigenvalue weighted by molar-refractivity contribution is 0.191. The molecule has 0 aliphatic carbocycles. The van der Waals surface area contributed by atoms with Gasteiger partial charge in [0.15, 0.2) is 5.82 Å².